The molecule has 2 rings (SSSR count). The van der Waals surface area contributed by atoms with Crippen LogP contribution in [0.3, 0.4) is 0 Å². The van der Waals surface area contributed by atoms with E-state index in [9.17, 15) is 4.79 Å². The van der Waals surface area contributed by atoms with Gasteiger partial charge in [-0.05, 0) is 31.0 Å². The van der Waals surface area contributed by atoms with Crippen molar-refractivity contribution in [3.8, 4) is 0 Å². The number of morpholine rings is 1. The molecule has 1 amide bonds. The fourth-order valence-corrected chi connectivity index (χ4v) is 2.41. The second kappa shape index (κ2) is 5.98. The first-order valence-electron chi connectivity index (χ1n) is 6.45. The molecule has 98 valence electrons. The summed E-state index contributed by atoms with van der Waals surface area (Å²) in [5.74, 6) is 0.0283. The summed E-state index contributed by atoms with van der Waals surface area (Å²) in [5.41, 5.74) is 7.82. The topological polar surface area (TPSA) is 55.6 Å². The monoisotopic (exact) mass is 248 g/mol. The second-order valence-electron chi connectivity index (χ2n) is 4.49. The van der Waals surface area contributed by atoms with E-state index in [2.05, 4.69) is 13.0 Å². The molecule has 4 nitrogen and oxygen atoms in total. The molecule has 0 aliphatic carbocycles. The quantitative estimate of drug-likeness (QED) is 0.874. The molecule has 2 N–H and O–H groups in total. The molecule has 1 unspecified atom stereocenters. The molecule has 0 radical (unpaired) electrons. The van der Waals surface area contributed by atoms with Gasteiger partial charge in [-0.2, -0.15) is 0 Å². The van der Waals surface area contributed by atoms with Crippen LogP contribution in [0.15, 0.2) is 24.3 Å². The Hall–Kier alpha value is -1.39. The van der Waals surface area contributed by atoms with Crippen LogP contribution in [0.1, 0.15) is 18.9 Å². The Morgan fingerprint density at radius 1 is 1.44 bits per heavy atom. The van der Waals surface area contributed by atoms with Gasteiger partial charge in [-0.1, -0.05) is 25.1 Å². The lowest BCUT2D eigenvalue weighted by Gasteiger charge is -2.36. The minimum absolute atomic E-state index is 0.0283. The molecule has 1 fully saturated rings. The molecule has 0 saturated carbocycles. The molecule has 0 bridgehead atoms. The fraction of sp³-hybridized carbons (Fsp3) is 0.500. The third kappa shape index (κ3) is 2.54. The standard InChI is InChI=1S/C14H20N2O2/c1-2-11-5-3-4-6-13(11)16-12(7-8-15)9-18-10-14(16)17/h3-6,12H,2,7-10,15H2,1H3. The van der Waals surface area contributed by atoms with Gasteiger partial charge in [-0.15, -0.1) is 0 Å². The molecule has 0 spiro atoms. The van der Waals surface area contributed by atoms with Crippen molar-refractivity contribution in [3.05, 3.63) is 29.8 Å². The zero-order valence-corrected chi connectivity index (χ0v) is 10.8. The number of carbonyl (C=O) groups is 1. The van der Waals surface area contributed by atoms with Crippen molar-refractivity contribution in [2.24, 2.45) is 5.73 Å². The highest BCUT2D eigenvalue weighted by Gasteiger charge is 2.30. The number of carbonyl (C=O) groups excluding carboxylic acids is 1. The second-order valence-corrected chi connectivity index (χ2v) is 4.49. The van der Waals surface area contributed by atoms with E-state index < -0.39 is 0 Å². The van der Waals surface area contributed by atoms with Crippen LogP contribution in [0.4, 0.5) is 5.69 Å². The van der Waals surface area contributed by atoms with Gasteiger partial charge in [0.1, 0.15) is 6.61 Å². The van der Waals surface area contributed by atoms with Crippen molar-refractivity contribution in [2.75, 3.05) is 24.7 Å². The summed E-state index contributed by atoms with van der Waals surface area (Å²) in [7, 11) is 0. The largest absolute Gasteiger partial charge is 0.369 e. The zero-order valence-electron chi connectivity index (χ0n) is 10.8. The van der Waals surface area contributed by atoms with E-state index in [4.69, 9.17) is 10.5 Å². The molecule has 1 aromatic carbocycles. The van der Waals surface area contributed by atoms with Crippen LogP contribution >= 0.6 is 0 Å². The lowest BCUT2D eigenvalue weighted by atomic mass is 10.1. The molecule has 4 heteroatoms. The van der Waals surface area contributed by atoms with E-state index >= 15 is 0 Å². The number of nitrogens with two attached hydrogens (primary N) is 1. The molecule has 0 aromatic heterocycles. The molecule has 18 heavy (non-hydrogen) atoms. The van der Waals surface area contributed by atoms with Gasteiger partial charge in [0.15, 0.2) is 0 Å². The molecule has 1 heterocycles. The Morgan fingerprint density at radius 2 is 2.22 bits per heavy atom. The van der Waals surface area contributed by atoms with E-state index in [1.165, 1.54) is 5.56 Å². The summed E-state index contributed by atoms with van der Waals surface area (Å²) in [4.78, 5) is 14.0. The molecule has 1 aromatic rings. The number of anilines is 1. The molecule has 1 aliphatic rings. The number of para-hydroxylation sites is 1. The van der Waals surface area contributed by atoms with Gasteiger partial charge in [0, 0.05) is 5.69 Å². The van der Waals surface area contributed by atoms with Gasteiger partial charge < -0.3 is 15.4 Å². The molecular formula is C14H20N2O2. The Bertz CT molecular complexity index is 418. The van der Waals surface area contributed by atoms with E-state index in [0.717, 1.165) is 18.5 Å². The number of rotatable bonds is 4. The maximum Gasteiger partial charge on any atom is 0.253 e. The predicted octanol–water partition coefficient (Wildman–Crippen LogP) is 1.33. The van der Waals surface area contributed by atoms with Gasteiger partial charge in [-0.25, -0.2) is 0 Å². The van der Waals surface area contributed by atoms with Crippen molar-refractivity contribution in [3.63, 3.8) is 0 Å². The summed E-state index contributed by atoms with van der Waals surface area (Å²) in [5, 5.41) is 0. The highest BCUT2D eigenvalue weighted by Crippen LogP contribution is 2.26. The van der Waals surface area contributed by atoms with Gasteiger partial charge in [0.2, 0.25) is 0 Å². The Balaban J connectivity index is 2.34. The van der Waals surface area contributed by atoms with Crippen LogP contribution < -0.4 is 10.6 Å². The Morgan fingerprint density at radius 3 is 2.94 bits per heavy atom. The first-order chi connectivity index (χ1) is 8.77. The van der Waals surface area contributed by atoms with Crippen LogP contribution in [0.2, 0.25) is 0 Å². The highest BCUT2D eigenvalue weighted by molar-refractivity contribution is 5.96. The van der Waals surface area contributed by atoms with Crippen LogP contribution in [0.5, 0.6) is 0 Å². The highest BCUT2D eigenvalue weighted by atomic mass is 16.5. The molecule has 1 saturated heterocycles. The minimum Gasteiger partial charge on any atom is -0.369 e. The van der Waals surface area contributed by atoms with E-state index in [0.29, 0.717) is 13.2 Å². The van der Waals surface area contributed by atoms with Gasteiger partial charge in [0.25, 0.3) is 5.91 Å². The van der Waals surface area contributed by atoms with Gasteiger partial charge in [0.05, 0.1) is 12.6 Å². The lowest BCUT2D eigenvalue weighted by molar-refractivity contribution is -0.127. The summed E-state index contributed by atoms with van der Waals surface area (Å²) in [6, 6.07) is 8.11. The number of ether oxygens (including phenoxy) is 1. The number of nitrogens with zero attached hydrogens (tertiary/aromatic N) is 1. The number of hydrogen-bond donors (Lipinski definition) is 1. The normalized spacial score (nSPS) is 20.2. The first kappa shape index (κ1) is 13.1. The summed E-state index contributed by atoms with van der Waals surface area (Å²) >= 11 is 0. The van der Waals surface area contributed by atoms with Crippen LogP contribution in [-0.2, 0) is 16.0 Å². The van der Waals surface area contributed by atoms with Crippen LogP contribution in [0, 0.1) is 0 Å². The van der Waals surface area contributed by atoms with E-state index in [-0.39, 0.29) is 18.6 Å². The maximum atomic E-state index is 12.1. The number of amides is 1. The van der Waals surface area contributed by atoms with Crippen molar-refractivity contribution in [1.29, 1.82) is 0 Å². The number of benzene rings is 1. The van der Waals surface area contributed by atoms with Gasteiger partial charge in [-0.3, -0.25) is 4.79 Å². The summed E-state index contributed by atoms with van der Waals surface area (Å²) in [6.07, 6.45) is 1.68. The summed E-state index contributed by atoms with van der Waals surface area (Å²) < 4.78 is 5.33. The zero-order chi connectivity index (χ0) is 13.0. The average molecular weight is 248 g/mol. The number of hydrogen-bond acceptors (Lipinski definition) is 3. The Kier molecular flexibility index (Phi) is 4.33. The van der Waals surface area contributed by atoms with Crippen molar-refractivity contribution >= 4 is 11.6 Å². The molecule has 1 aliphatic heterocycles. The average Bonchev–Trinajstić information content (AvgIpc) is 2.39. The maximum absolute atomic E-state index is 12.1. The summed E-state index contributed by atoms with van der Waals surface area (Å²) in [6.45, 7) is 3.40. The Labute approximate surface area is 108 Å². The SMILES string of the molecule is CCc1ccccc1N1C(=O)COCC1CCN. The van der Waals surface area contributed by atoms with Crippen molar-refractivity contribution < 1.29 is 9.53 Å². The van der Waals surface area contributed by atoms with Crippen molar-refractivity contribution in [2.45, 2.75) is 25.8 Å². The van der Waals surface area contributed by atoms with Crippen LogP contribution in [-0.4, -0.2) is 31.7 Å². The van der Waals surface area contributed by atoms with E-state index in [1.807, 2.05) is 23.1 Å². The van der Waals surface area contributed by atoms with Gasteiger partial charge >= 0.3 is 0 Å². The third-order valence-corrected chi connectivity index (χ3v) is 3.30. The number of aryl methyl sites for hydroxylation is 1. The molecular weight excluding hydrogens is 228 g/mol. The minimum atomic E-state index is 0.0283. The van der Waals surface area contributed by atoms with E-state index in [1.54, 1.807) is 0 Å². The smallest absolute Gasteiger partial charge is 0.253 e. The van der Waals surface area contributed by atoms with Crippen LogP contribution in [0.25, 0.3) is 0 Å². The molecule has 1 atom stereocenters. The predicted molar refractivity (Wildman–Crippen MR) is 71.6 cm³/mol. The first-order valence-corrected chi connectivity index (χ1v) is 6.45. The third-order valence-electron chi connectivity index (χ3n) is 3.30. The van der Waals surface area contributed by atoms with Crippen molar-refractivity contribution in [1.82, 2.24) is 0 Å². The lowest BCUT2D eigenvalue weighted by Crippen LogP contribution is -2.50. The fourth-order valence-electron chi connectivity index (χ4n) is 2.41.